The van der Waals surface area contributed by atoms with Crippen LogP contribution in [0.4, 0.5) is 15.9 Å². The number of hydrogen-bond acceptors (Lipinski definition) is 4. The van der Waals surface area contributed by atoms with Crippen molar-refractivity contribution in [1.29, 1.82) is 0 Å². The van der Waals surface area contributed by atoms with E-state index in [2.05, 4.69) is 15.6 Å². The van der Waals surface area contributed by atoms with Gasteiger partial charge >= 0.3 is 0 Å². The van der Waals surface area contributed by atoms with Gasteiger partial charge in [-0.15, -0.1) is 0 Å². The van der Waals surface area contributed by atoms with Gasteiger partial charge in [-0.2, -0.15) is 0 Å². The van der Waals surface area contributed by atoms with Gasteiger partial charge in [-0.25, -0.2) is 9.37 Å². The van der Waals surface area contributed by atoms with Crippen molar-refractivity contribution < 1.29 is 13.9 Å². The number of anilines is 2. The van der Waals surface area contributed by atoms with Crippen LogP contribution in [0.25, 0.3) is 0 Å². The highest BCUT2D eigenvalue weighted by Gasteiger charge is 2.07. The Morgan fingerprint density at radius 3 is 2.52 bits per heavy atom. The van der Waals surface area contributed by atoms with E-state index in [-0.39, 0.29) is 11.7 Å². The summed E-state index contributed by atoms with van der Waals surface area (Å²) in [4.78, 5) is 16.5. The Bertz CT molecular complexity index is 896. The van der Waals surface area contributed by atoms with E-state index in [1.165, 1.54) is 12.3 Å². The average Bonchev–Trinajstić information content (AvgIpc) is 2.69. The number of aromatic nitrogens is 1. The number of ether oxygens (including phenoxy) is 1. The van der Waals surface area contributed by atoms with E-state index in [1.54, 1.807) is 54.6 Å². The first kappa shape index (κ1) is 18.4. The summed E-state index contributed by atoms with van der Waals surface area (Å²) >= 11 is 0. The summed E-state index contributed by atoms with van der Waals surface area (Å²) in [5.41, 5.74) is 1.65. The number of rotatable bonds is 7. The SMILES string of the molecule is CCOc1ccc(NC(=O)c2ccc(NCc3ccccc3F)nc2)cc1. The zero-order chi connectivity index (χ0) is 19.1. The van der Waals surface area contributed by atoms with Gasteiger partial charge in [-0.3, -0.25) is 4.79 Å². The maximum absolute atomic E-state index is 13.6. The quantitative estimate of drug-likeness (QED) is 0.648. The molecule has 1 heterocycles. The third kappa shape index (κ3) is 5.04. The number of carbonyl (C=O) groups excluding carboxylic acids is 1. The van der Waals surface area contributed by atoms with E-state index in [0.29, 0.717) is 35.8 Å². The second kappa shape index (κ2) is 8.80. The van der Waals surface area contributed by atoms with Gasteiger partial charge in [0.05, 0.1) is 12.2 Å². The minimum Gasteiger partial charge on any atom is -0.494 e. The minimum absolute atomic E-state index is 0.257. The molecule has 1 aromatic heterocycles. The molecule has 5 nitrogen and oxygen atoms in total. The normalized spacial score (nSPS) is 10.3. The van der Waals surface area contributed by atoms with Crippen LogP contribution in [-0.4, -0.2) is 17.5 Å². The first-order chi connectivity index (χ1) is 13.2. The summed E-state index contributed by atoms with van der Waals surface area (Å²) in [7, 11) is 0. The van der Waals surface area contributed by atoms with Crippen molar-refractivity contribution in [2.24, 2.45) is 0 Å². The molecule has 1 amide bonds. The number of hydrogen-bond donors (Lipinski definition) is 2. The lowest BCUT2D eigenvalue weighted by atomic mass is 10.2. The van der Waals surface area contributed by atoms with Crippen LogP contribution >= 0.6 is 0 Å². The monoisotopic (exact) mass is 365 g/mol. The van der Waals surface area contributed by atoms with Crippen molar-refractivity contribution in [2.75, 3.05) is 17.2 Å². The van der Waals surface area contributed by atoms with Crippen LogP contribution in [0.3, 0.4) is 0 Å². The molecule has 0 bridgehead atoms. The van der Waals surface area contributed by atoms with Crippen LogP contribution in [-0.2, 0) is 6.54 Å². The number of carbonyl (C=O) groups is 1. The van der Waals surface area contributed by atoms with Crippen LogP contribution in [0.2, 0.25) is 0 Å². The fourth-order valence-electron chi connectivity index (χ4n) is 2.46. The number of amides is 1. The molecule has 0 fully saturated rings. The van der Waals surface area contributed by atoms with Crippen molar-refractivity contribution in [3.05, 3.63) is 83.8 Å². The lowest BCUT2D eigenvalue weighted by molar-refractivity contribution is 0.102. The largest absolute Gasteiger partial charge is 0.494 e. The van der Waals surface area contributed by atoms with E-state index in [0.717, 1.165) is 5.75 Å². The molecule has 27 heavy (non-hydrogen) atoms. The molecule has 0 spiro atoms. The molecule has 6 heteroatoms. The van der Waals surface area contributed by atoms with Gasteiger partial charge in [0.15, 0.2) is 0 Å². The second-order valence-electron chi connectivity index (χ2n) is 5.79. The highest BCUT2D eigenvalue weighted by Crippen LogP contribution is 2.17. The van der Waals surface area contributed by atoms with E-state index < -0.39 is 0 Å². The van der Waals surface area contributed by atoms with Gasteiger partial charge in [-0.1, -0.05) is 18.2 Å². The molecule has 0 aliphatic heterocycles. The number of benzene rings is 2. The molecule has 0 aliphatic carbocycles. The maximum atomic E-state index is 13.6. The van der Waals surface area contributed by atoms with Crippen molar-refractivity contribution in [2.45, 2.75) is 13.5 Å². The lowest BCUT2D eigenvalue weighted by Crippen LogP contribution is -2.12. The number of nitrogens with one attached hydrogen (secondary N) is 2. The first-order valence-electron chi connectivity index (χ1n) is 8.63. The minimum atomic E-state index is -0.267. The summed E-state index contributed by atoms with van der Waals surface area (Å²) in [6.45, 7) is 2.82. The molecule has 0 saturated carbocycles. The standard InChI is InChI=1S/C21H20FN3O2/c1-2-27-18-10-8-17(9-11-18)25-21(26)16-7-12-20(24-14-16)23-13-15-5-3-4-6-19(15)22/h3-12,14H,2,13H2,1H3,(H,23,24)(H,25,26). The van der Waals surface area contributed by atoms with Gasteiger partial charge in [0.1, 0.15) is 17.4 Å². The van der Waals surface area contributed by atoms with Crippen LogP contribution in [0.15, 0.2) is 66.9 Å². The number of nitrogens with zero attached hydrogens (tertiary/aromatic N) is 1. The molecule has 0 aliphatic rings. The fourth-order valence-corrected chi connectivity index (χ4v) is 2.46. The first-order valence-corrected chi connectivity index (χ1v) is 8.63. The Kier molecular flexibility index (Phi) is 5.99. The summed E-state index contributed by atoms with van der Waals surface area (Å²) in [5.74, 6) is 0.794. The van der Waals surface area contributed by atoms with Gasteiger partial charge in [-0.05, 0) is 49.4 Å². The van der Waals surface area contributed by atoms with Gasteiger partial charge in [0.25, 0.3) is 5.91 Å². The van der Waals surface area contributed by atoms with Crippen LogP contribution in [0, 0.1) is 5.82 Å². The Hall–Kier alpha value is -3.41. The van der Waals surface area contributed by atoms with Crippen LogP contribution < -0.4 is 15.4 Å². The van der Waals surface area contributed by atoms with Crippen LogP contribution in [0.1, 0.15) is 22.8 Å². The van der Waals surface area contributed by atoms with E-state index >= 15 is 0 Å². The third-order valence-corrected chi connectivity index (χ3v) is 3.87. The molecule has 0 saturated heterocycles. The maximum Gasteiger partial charge on any atom is 0.257 e. The van der Waals surface area contributed by atoms with Gasteiger partial charge in [0.2, 0.25) is 0 Å². The van der Waals surface area contributed by atoms with E-state index in [1.807, 2.05) is 6.92 Å². The molecule has 0 atom stereocenters. The number of halogens is 1. The summed E-state index contributed by atoms with van der Waals surface area (Å²) in [6, 6.07) is 17.1. The van der Waals surface area contributed by atoms with E-state index in [9.17, 15) is 9.18 Å². The Morgan fingerprint density at radius 1 is 1.07 bits per heavy atom. The molecule has 2 aromatic carbocycles. The zero-order valence-corrected chi connectivity index (χ0v) is 14.9. The number of pyridine rings is 1. The average molecular weight is 365 g/mol. The van der Waals surface area contributed by atoms with Gasteiger partial charge in [0, 0.05) is 24.0 Å². The van der Waals surface area contributed by atoms with Gasteiger partial charge < -0.3 is 15.4 Å². The molecule has 2 N–H and O–H groups in total. The molecular weight excluding hydrogens is 345 g/mol. The summed E-state index contributed by atoms with van der Waals surface area (Å²) in [6.07, 6.45) is 1.48. The molecule has 0 radical (unpaired) electrons. The Balaban J connectivity index is 1.57. The van der Waals surface area contributed by atoms with Crippen LogP contribution in [0.5, 0.6) is 5.75 Å². The predicted octanol–water partition coefficient (Wildman–Crippen LogP) is 4.48. The topological polar surface area (TPSA) is 63.2 Å². The highest BCUT2D eigenvalue weighted by atomic mass is 19.1. The fraction of sp³-hybridized carbons (Fsp3) is 0.143. The highest BCUT2D eigenvalue weighted by molar-refractivity contribution is 6.04. The van der Waals surface area contributed by atoms with Crippen molar-refractivity contribution in [1.82, 2.24) is 4.98 Å². The summed E-state index contributed by atoms with van der Waals surface area (Å²) in [5, 5.41) is 5.85. The molecule has 138 valence electrons. The van der Waals surface area contributed by atoms with Crippen molar-refractivity contribution >= 4 is 17.4 Å². The molecular formula is C21H20FN3O2. The zero-order valence-electron chi connectivity index (χ0n) is 14.9. The molecule has 0 unspecified atom stereocenters. The second-order valence-corrected chi connectivity index (χ2v) is 5.79. The summed E-state index contributed by atoms with van der Waals surface area (Å²) < 4.78 is 19.0. The lowest BCUT2D eigenvalue weighted by Gasteiger charge is -2.09. The molecule has 3 aromatic rings. The predicted molar refractivity (Wildman–Crippen MR) is 104 cm³/mol. The molecule has 3 rings (SSSR count). The third-order valence-electron chi connectivity index (χ3n) is 3.87. The van der Waals surface area contributed by atoms with E-state index in [4.69, 9.17) is 4.74 Å². The van der Waals surface area contributed by atoms with Crippen molar-refractivity contribution in [3.63, 3.8) is 0 Å². The van der Waals surface area contributed by atoms with Crippen molar-refractivity contribution in [3.8, 4) is 5.75 Å². The Morgan fingerprint density at radius 2 is 1.85 bits per heavy atom. The Labute approximate surface area is 157 Å². The smallest absolute Gasteiger partial charge is 0.257 e.